The Morgan fingerprint density at radius 1 is 0.667 bits per heavy atom. The van der Waals surface area contributed by atoms with Gasteiger partial charge in [-0.2, -0.15) is 0 Å². The molecular weight excluding hydrogens is 340 g/mol. The zero-order valence-corrected chi connectivity index (χ0v) is 18.0. The number of rotatable bonds is 20. The van der Waals surface area contributed by atoms with Crippen molar-refractivity contribution in [2.45, 2.75) is 122 Å². The lowest BCUT2D eigenvalue weighted by Gasteiger charge is -2.09. The summed E-state index contributed by atoms with van der Waals surface area (Å²) in [5.74, 6) is -2.69. The number of methoxy groups -OCH3 is 1. The van der Waals surface area contributed by atoms with Crippen LogP contribution in [0.15, 0.2) is 0 Å². The summed E-state index contributed by atoms with van der Waals surface area (Å²) < 4.78 is 4.54. The predicted molar refractivity (Wildman–Crippen MR) is 112 cm³/mol. The molecule has 1 N–H and O–H groups in total. The molecular formula is C23H44O4. The first-order chi connectivity index (χ1) is 13.1. The maximum Gasteiger partial charge on any atom is 0.320 e. The Morgan fingerprint density at radius 3 is 1.30 bits per heavy atom. The SMILES string of the molecule is CCCCCCCCCCCCCCCCCCCC(C(=O)O)C(=O)OC. The van der Waals surface area contributed by atoms with Crippen molar-refractivity contribution in [3.8, 4) is 0 Å². The van der Waals surface area contributed by atoms with Gasteiger partial charge in [0.1, 0.15) is 0 Å². The van der Waals surface area contributed by atoms with Gasteiger partial charge in [0.05, 0.1) is 7.11 Å². The average Bonchev–Trinajstić information content (AvgIpc) is 2.66. The van der Waals surface area contributed by atoms with Gasteiger partial charge in [0.15, 0.2) is 5.92 Å². The fourth-order valence-electron chi connectivity index (χ4n) is 3.56. The second-order valence-electron chi connectivity index (χ2n) is 7.86. The van der Waals surface area contributed by atoms with Crippen molar-refractivity contribution in [2.75, 3.05) is 7.11 Å². The fraction of sp³-hybridized carbons (Fsp3) is 0.913. The number of ether oxygens (including phenoxy) is 1. The normalized spacial score (nSPS) is 12.1. The number of hydrogen-bond donors (Lipinski definition) is 1. The third kappa shape index (κ3) is 16.8. The summed E-state index contributed by atoms with van der Waals surface area (Å²) in [5.41, 5.74) is 0. The molecule has 1 unspecified atom stereocenters. The summed E-state index contributed by atoms with van der Waals surface area (Å²) in [6.45, 7) is 2.27. The first-order valence-corrected chi connectivity index (χ1v) is 11.4. The van der Waals surface area contributed by atoms with Crippen LogP contribution in [-0.4, -0.2) is 24.2 Å². The number of carbonyl (C=O) groups is 2. The smallest absolute Gasteiger partial charge is 0.320 e. The van der Waals surface area contributed by atoms with Crippen molar-refractivity contribution in [3.05, 3.63) is 0 Å². The van der Waals surface area contributed by atoms with Gasteiger partial charge in [-0.15, -0.1) is 0 Å². The maximum atomic E-state index is 11.4. The Kier molecular flexibility index (Phi) is 18.9. The minimum absolute atomic E-state index is 0.389. The lowest BCUT2D eigenvalue weighted by molar-refractivity contribution is -0.157. The van der Waals surface area contributed by atoms with E-state index in [2.05, 4.69) is 11.7 Å². The van der Waals surface area contributed by atoms with Gasteiger partial charge in [-0.3, -0.25) is 9.59 Å². The van der Waals surface area contributed by atoms with Gasteiger partial charge in [-0.1, -0.05) is 116 Å². The molecule has 0 amide bonds. The van der Waals surface area contributed by atoms with Gasteiger partial charge < -0.3 is 9.84 Å². The van der Waals surface area contributed by atoms with Crippen LogP contribution in [0.3, 0.4) is 0 Å². The largest absolute Gasteiger partial charge is 0.481 e. The lowest BCUT2D eigenvalue weighted by atomic mass is 10.00. The third-order valence-corrected chi connectivity index (χ3v) is 5.38. The molecule has 4 nitrogen and oxygen atoms in total. The van der Waals surface area contributed by atoms with E-state index < -0.39 is 17.9 Å². The molecule has 0 spiro atoms. The maximum absolute atomic E-state index is 11.4. The highest BCUT2D eigenvalue weighted by molar-refractivity contribution is 5.93. The Labute approximate surface area is 167 Å². The predicted octanol–water partition coefficient (Wildman–Crippen LogP) is 6.90. The van der Waals surface area contributed by atoms with Crippen molar-refractivity contribution in [3.63, 3.8) is 0 Å². The molecule has 0 rings (SSSR count). The lowest BCUT2D eigenvalue weighted by Crippen LogP contribution is -2.24. The Morgan fingerprint density at radius 2 is 1.00 bits per heavy atom. The van der Waals surface area contributed by atoms with E-state index in [1.807, 2.05) is 0 Å². The molecule has 0 heterocycles. The summed E-state index contributed by atoms with van der Waals surface area (Å²) in [5, 5.41) is 9.01. The molecule has 0 aromatic rings. The standard InChI is InChI=1S/C23H44O4/c1-3-4-5-6-7-8-9-10-11-12-13-14-15-16-17-18-19-20-21(22(24)25)23(26)27-2/h21H,3-20H2,1-2H3,(H,24,25). The van der Waals surface area contributed by atoms with E-state index in [0.717, 1.165) is 19.3 Å². The number of carboxylic acids is 1. The zero-order chi connectivity index (χ0) is 20.2. The summed E-state index contributed by atoms with van der Waals surface area (Å²) in [6, 6.07) is 0. The molecule has 0 fully saturated rings. The van der Waals surface area contributed by atoms with Crippen LogP contribution in [0.4, 0.5) is 0 Å². The molecule has 0 saturated heterocycles. The van der Waals surface area contributed by atoms with Gasteiger partial charge in [0, 0.05) is 0 Å². The Bertz CT molecular complexity index is 354. The number of carbonyl (C=O) groups excluding carboxylic acids is 1. The van der Waals surface area contributed by atoms with Crippen molar-refractivity contribution in [1.29, 1.82) is 0 Å². The van der Waals surface area contributed by atoms with Gasteiger partial charge >= 0.3 is 11.9 Å². The average molecular weight is 385 g/mol. The molecule has 0 aliphatic carbocycles. The zero-order valence-electron chi connectivity index (χ0n) is 18.0. The van der Waals surface area contributed by atoms with Crippen molar-refractivity contribution >= 4 is 11.9 Å². The fourth-order valence-corrected chi connectivity index (χ4v) is 3.56. The number of aliphatic carboxylic acids is 1. The van der Waals surface area contributed by atoms with Gasteiger partial charge in [0.2, 0.25) is 0 Å². The molecule has 0 aromatic carbocycles. The minimum atomic E-state index is -1.07. The van der Waals surface area contributed by atoms with Crippen LogP contribution in [0, 0.1) is 5.92 Å². The number of carboxylic acid groups (broad SMARTS) is 1. The Hall–Kier alpha value is -1.06. The highest BCUT2D eigenvalue weighted by Gasteiger charge is 2.26. The molecule has 0 aliphatic rings. The van der Waals surface area contributed by atoms with E-state index in [0.29, 0.717) is 6.42 Å². The van der Waals surface area contributed by atoms with Crippen LogP contribution >= 0.6 is 0 Å². The highest BCUT2D eigenvalue weighted by Crippen LogP contribution is 2.16. The van der Waals surface area contributed by atoms with Crippen LogP contribution in [0.1, 0.15) is 122 Å². The van der Waals surface area contributed by atoms with Crippen molar-refractivity contribution in [1.82, 2.24) is 0 Å². The topological polar surface area (TPSA) is 63.6 Å². The second kappa shape index (κ2) is 19.7. The second-order valence-corrected chi connectivity index (χ2v) is 7.86. The number of unbranched alkanes of at least 4 members (excludes halogenated alkanes) is 16. The number of hydrogen-bond acceptors (Lipinski definition) is 3. The van der Waals surface area contributed by atoms with E-state index in [4.69, 9.17) is 5.11 Å². The van der Waals surface area contributed by atoms with E-state index in [1.165, 1.54) is 97.0 Å². The van der Waals surface area contributed by atoms with Crippen LogP contribution in [-0.2, 0) is 14.3 Å². The molecule has 0 aliphatic heterocycles. The monoisotopic (exact) mass is 384 g/mol. The van der Waals surface area contributed by atoms with Crippen LogP contribution in [0.25, 0.3) is 0 Å². The van der Waals surface area contributed by atoms with Crippen LogP contribution in [0.2, 0.25) is 0 Å². The first-order valence-electron chi connectivity index (χ1n) is 11.4. The van der Waals surface area contributed by atoms with Crippen LogP contribution in [0.5, 0.6) is 0 Å². The molecule has 4 heteroatoms. The van der Waals surface area contributed by atoms with E-state index >= 15 is 0 Å². The minimum Gasteiger partial charge on any atom is -0.481 e. The Balaban J connectivity index is 3.27. The summed E-state index contributed by atoms with van der Waals surface area (Å²) >= 11 is 0. The summed E-state index contributed by atoms with van der Waals surface area (Å²) in [7, 11) is 1.24. The molecule has 0 saturated carbocycles. The molecule has 0 bridgehead atoms. The van der Waals surface area contributed by atoms with Crippen LogP contribution < -0.4 is 0 Å². The van der Waals surface area contributed by atoms with Crippen molar-refractivity contribution < 1.29 is 19.4 Å². The van der Waals surface area contributed by atoms with E-state index in [9.17, 15) is 9.59 Å². The molecule has 27 heavy (non-hydrogen) atoms. The van der Waals surface area contributed by atoms with Gasteiger partial charge in [-0.05, 0) is 6.42 Å². The first kappa shape index (κ1) is 25.9. The summed E-state index contributed by atoms with van der Waals surface area (Å²) in [4.78, 5) is 22.4. The van der Waals surface area contributed by atoms with Gasteiger partial charge in [-0.25, -0.2) is 0 Å². The van der Waals surface area contributed by atoms with E-state index in [-0.39, 0.29) is 0 Å². The quantitative estimate of drug-likeness (QED) is 0.141. The molecule has 0 radical (unpaired) electrons. The molecule has 1 atom stereocenters. The van der Waals surface area contributed by atoms with E-state index in [1.54, 1.807) is 0 Å². The molecule has 160 valence electrons. The number of esters is 1. The van der Waals surface area contributed by atoms with Crippen molar-refractivity contribution in [2.24, 2.45) is 5.92 Å². The third-order valence-electron chi connectivity index (χ3n) is 5.38. The summed E-state index contributed by atoms with van der Waals surface area (Å²) in [6.07, 6.45) is 22.4. The van der Waals surface area contributed by atoms with Gasteiger partial charge in [0.25, 0.3) is 0 Å². The molecule has 0 aromatic heterocycles. The highest BCUT2D eigenvalue weighted by atomic mass is 16.5.